The highest BCUT2D eigenvalue weighted by molar-refractivity contribution is 5.37. The molecule has 0 radical (unpaired) electrons. The molecule has 0 aliphatic rings. The first-order chi connectivity index (χ1) is 6.65. The van der Waals surface area contributed by atoms with Crippen LogP contribution in [0.4, 0.5) is 0 Å². The van der Waals surface area contributed by atoms with Crippen molar-refractivity contribution in [3.63, 3.8) is 0 Å². The van der Waals surface area contributed by atoms with Crippen LogP contribution in [0.3, 0.4) is 0 Å². The van der Waals surface area contributed by atoms with Gasteiger partial charge in [-0.1, -0.05) is 6.92 Å². The van der Waals surface area contributed by atoms with Crippen molar-refractivity contribution >= 4 is 0 Å². The van der Waals surface area contributed by atoms with Gasteiger partial charge in [-0.2, -0.15) is 0 Å². The molecule has 0 aliphatic heterocycles. The van der Waals surface area contributed by atoms with E-state index in [0.29, 0.717) is 5.75 Å². The van der Waals surface area contributed by atoms with Crippen molar-refractivity contribution < 1.29 is 9.84 Å². The van der Waals surface area contributed by atoms with Crippen LogP contribution in [0.5, 0.6) is 11.5 Å². The zero-order chi connectivity index (χ0) is 10.6. The quantitative estimate of drug-likeness (QED) is 0.744. The van der Waals surface area contributed by atoms with E-state index in [0.717, 1.165) is 17.7 Å². The van der Waals surface area contributed by atoms with E-state index in [2.05, 4.69) is 0 Å². The summed E-state index contributed by atoms with van der Waals surface area (Å²) in [5.74, 6) is 1.85. The molecule has 1 aromatic carbocycles. The van der Waals surface area contributed by atoms with Crippen molar-refractivity contribution in [1.29, 1.82) is 0 Å². The number of benzene rings is 1. The fourth-order valence-corrected chi connectivity index (χ4v) is 1.27. The molecule has 0 fully saturated rings. The van der Waals surface area contributed by atoms with Crippen molar-refractivity contribution in [2.45, 2.75) is 27.2 Å². The molecular weight excluding hydrogens is 176 g/mol. The second-order valence-electron chi connectivity index (χ2n) is 3.21. The maximum absolute atomic E-state index is 9.35. The molecule has 0 amide bonds. The molecule has 0 aromatic heterocycles. The first-order valence-corrected chi connectivity index (χ1v) is 4.79. The van der Waals surface area contributed by atoms with E-state index in [1.54, 1.807) is 12.1 Å². The zero-order valence-electron chi connectivity index (χ0n) is 8.87. The minimum absolute atomic E-state index is 0.242. The number of rotatable bonds is 3. The monoisotopic (exact) mass is 192 g/mol. The Morgan fingerprint density at radius 1 is 1.43 bits per heavy atom. The summed E-state index contributed by atoms with van der Waals surface area (Å²) in [6, 6.07) is 5.22. The number of hydrogen-bond acceptors (Lipinski definition) is 2. The molecule has 0 saturated heterocycles. The normalized spacial score (nSPS) is 11.5. The zero-order valence-corrected chi connectivity index (χ0v) is 8.87. The van der Waals surface area contributed by atoms with Gasteiger partial charge in [-0.15, -0.1) is 0 Å². The van der Waals surface area contributed by atoms with Gasteiger partial charge in [0.25, 0.3) is 0 Å². The van der Waals surface area contributed by atoms with Crippen LogP contribution in [0.25, 0.3) is 0 Å². The third kappa shape index (κ3) is 2.80. The van der Waals surface area contributed by atoms with E-state index in [1.807, 2.05) is 32.9 Å². The Bertz CT molecular complexity index is 320. The standard InChI is InChI=1S/C12H16O2/c1-4-11(5-2)14-12-7-9(3)6-10(13)8-12/h4,6-8,13H,5H2,1-3H3. The van der Waals surface area contributed by atoms with Crippen LogP contribution in [0, 0.1) is 6.92 Å². The Hall–Kier alpha value is -1.44. The molecule has 14 heavy (non-hydrogen) atoms. The summed E-state index contributed by atoms with van der Waals surface area (Å²) >= 11 is 0. The van der Waals surface area contributed by atoms with Gasteiger partial charge >= 0.3 is 0 Å². The van der Waals surface area contributed by atoms with Gasteiger partial charge in [0.1, 0.15) is 11.5 Å². The minimum atomic E-state index is 0.242. The van der Waals surface area contributed by atoms with Gasteiger partial charge in [0.2, 0.25) is 0 Å². The predicted molar refractivity (Wildman–Crippen MR) is 57.5 cm³/mol. The van der Waals surface area contributed by atoms with Gasteiger partial charge in [0.15, 0.2) is 0 Å². The van der Waals surface area contributed by atoms with E-state index in [4.69, 9.17) is 4.74 Å². The number of aryl methyl sites for hydroxylation is 1. The number of phenolic OH excluding ortho intramolecular Hbond substituents is 1. The molecule has 76 valence electrons. The third-order valence-electron chi connectivity index (χ3n) is 1.96. The lowest BCUT2D eigenvalue weighted by Gasteiger charge is -2.08. The largest absolute Gasteiger partial charge is 0.508 e. The summed E-state index contributed by atoms with van der Waals surface area (Å²) in [5.41, 5.74) is 0.992. The lowest BCUT2D eigenvalue weighted by Crippen LogP contribution is -1.93. The molecule has 0 heterocycles. The second kappa shape index (κ2) is 4.70. The van der Waals surface area contributed by atoms with Crippen LogP contribution in [0.1, 0.15) is 25.8 Å². The summed E-state index contributed by atoms with van der Waals surface area (Å²) in [5, 5.41) is 9.35. The molecule has 0 unspecified atom stereocenters. The summed E-state index contributed by atoms with van der Waals surface area (Å²) in [6.45, 7) is 5.90. The maximum atomic E-state index is 9.35. The fourth-order valence-electron chi connectivity index (χ4n) is 1.27. The van der Waals surface area contributed by atoms with Gasteiger partial charge in [-0.3, -0.25) is 0 Å². The molecule has 0 spiro atoms. The number of aromatic hydroxyl groups is 1. The van der Waals surface area contributed by atoms with E-state index >= 15 is 0 Å². The molecule has 0 atom stereocenters. The molecule has 1 rings (SSSR count). The first kappa shape index (κ1) is 10.6. The summed E-state index contributed by atoms with van der Waals surface area (Å²) in [7, 11) is 0. The van der Waals surface area contributed by atoms with E-state index in [9.17, 15) is 5.11 Å². The van der Waals surface area contributed by atoms with Crippen molar-refractivity contribution in [3.05, 3.63) is 35.6 Å². The van der Waals surface area contributed by atoms with Gasteiger partial charge in [0.05, 0.1) is 5.76 Å². The highest BCUT2D eigenvalue weighted by Gasteiger charge is 2.00. The smallest absolute Gasteiger partial charge is 0.130 e. The SMILES string of the molecule is CC=C(CC)Oc1cc(C)cc(O)c1. The van der Waals surface area contributed by atoms with Crippen LogP contribution in [-0.2, 0) is 0 Å². The Labute approximate surface area is 84.8 Å². The lowest BCUT2D eigenvalue weighted by molar-refractivity contribution is 0.402. The van der Waals surface area contributed by atoms with Crippen molar-refractivity contribution in [3.8, 4) is 11.5 Å². The minimum Gasteiger partial charge on any atom is -0.508 e. The van der Waals surface area contributed by atoms with Gasteiger partial charge in [-0.05, 0) is 37.6 Å². The Morgan fingerprint density at radius 3 is 2.64 bits per heavy atom. The Balaban J connectivity index is 2.86. The molecule has 0 bridgehead atoms. The number of ether oxygens (including phenoxy) is 1. The van der Waals surface area contributed by atoms with Crippen LogP contribution >= 0.6 is 0 Å². The van der Waals surface area contributed by atoms with Gasteiger partial charge in [-0.25, -0.2) is 0 Å². The van der Waals surface area contributed by atoms with E-state index in [-0.39, 0.29) is 5.75 Å². The highest BCUT2D eigenvalue weighted by Crippen LogP contribution is 2.23. The molecule has 2 heteroatoms. The van der Waals surface area contributed by atoms with Gasteiger partial charge in [0, 0.05) is 12.5 Å². The van der Waals surface area contributed by atoms with Crippen LogP contribution in [0.2, 0.25) is 0 Å². The van der Waals surface area contributed by atoms with Crippen molar-refractivity contribution in [2.75, 3.05) is 0 Å². The fraction of sp³-hybridized carbons (Fsp3) is 0.333. The summed E-state index contributed by atoms with van der Waals surface area (Å²) < 4.78 is 5.58. The molecule has 2 nitrogen and oxygen atoms in total. The topological polar surface area (TPSA) is 29.5 Å². The Kier molecular flexibility index (Phi) is 3.57. The molecule has 0 saturated carbocycles. The average Bonchev–Trinajstić information content (AvgIpc) is 2.12. The molecule has 1 aromatic rings. The Morgan fingerprint density at radius 2 is 2.14 bits per heavy atom. The van der Waals surface area contributed by atoms with Crippen LogP contribution in [0.15, 0.2) is 30.0 Å². The average molecular weight is 192 g/mol. The second-order valence-corrected chi connectivity index (χ2v) is 3.21. The number of allylic oxidation sites excluding steroid dienone is 2. The molecular formula is C12H16O2. The third-order valence-corrected chi connectivity index (χ3v) is 1.96. The highest BCUT2D eigenvalue weighted by atomic mass is 16.5. The number of phenols is 1. The van der Waals surface area contributed by atoms with Crippen LogP contribution < -0.4 is 4.74 Å². The van der Waals surface area contributed by atoms with Crippen LogP contribution in [-0.4, -0.2) is 5.11 Å². The van der Waals surface area contributed by atoms with Crippen molar-refractivity contribution in [2.24, 2.45) is 0 Å². The summed E-state index contributed by atoms with van der Waals surface area (Å²) in [6.07, 6.45) is 2.78. The first-order valence-electron chi connectivity index (χ1n) is 4.79. The summed E-state index contributed by atoms with van der Waals surface area (Å²) in [4.78, 5) is 0. The number of hydrogen-bond donors (Lipinski definition) is 1. The van der Waals surface area contributed by atoms with Crippen molar-refractivity contribution in [1.82, 2.24) is 0 Å². The molecule has 1 N–H and O–H groups in total. The van der Waals surface area contributed by atoms with E-state index < -0.39 is 0 Å². The predicted octanol–water partition coefficient (Wildman–Crippen LogP) is 3.39. The maximum Gasteiger partial charge on any atom is 0.130 e. The molecule has 0 aliphatic carbocycles. The van der Waals surface area contributed by atoms with Gasteiger partial charge < -0.3 is 9.84 Å². The van der Waals surface area contributed by atoms with E-state index in [1.165, 1.54) is 0 Å². The lowest BCUT2D eigenvalue weighted by atomic mass is 10.2.